The second-order valence-electron chi connectivity index (χ2n) is 5.51. The van der Waals surface area contributed by atoms with Crippen LogP contribution in [0, 0.1) is 5.92 Å². The van der Waals surface area contributed by atoms with Crippen LogP contribution in [-0.2, 0) is 9.47 Å². The third kappa shape index (κ3) is 3.07. The van der Waals surface area contributed by atoms with Gasteiger partial charge in [-0.25, -0.2) is 0 Å². The zero-order valence-electron chi connectivity index (χ0n) is 11.6. The van der Waals surface area contributed by atoms with Gasteiger partial charge in [0.1, 0.15) is 12.2 Å². The summed E-state index contributed by atoms with van der Waals surface area (Å²) in [5.74, 6) is -0.991. The topological polar surface area (TPSA) is 152 Å². The third-order valence-corrected chi connectivity index (χ3v) is 4.23. The molecule has 0 bridgehead atoms. The number of hydrogen-bond acceptors (Lipinski definition) is 9. The number of rotatable bonds is 5. The van der Waals surface area contributed by atoms with Crippen molar-refractivity contribution in [2.75, 3.05) is 20.3 Å². The van der Waals surface area contributed by atoms with Gasteiger partial charge in [0.25, 0.3) is 0 Å². The highest BCUT2D eigenvalue weighted by atomic mass is 16.7. The minimum absolute atomic E-state index is 0.105. The molecular weight excluding hydrogens is 286 g/mol. The van der Waals surface area contributed by atoms with Crippen molar-refractivity contribution in [3.05, 3.63) is 0 Å². The predicted octanol–water partition coefficient (Wildman–Crippen LogP) is -4.26. The Morgan fingerprint density at radius 3 is 2.38 bits per heavy atom. The van der Waals surface area contributed by atoms with Gasteiger partial charge >= 0.3 is 0 Å². The third-order valence-electron chi connectivity index (χ3n) is 4.23. The molecule has 0 aromatic rings. The molecule has 9 heteroatoms. The number of β-amino-alcohol motifs (C(OH)–C–C–N with tert-alkyl or cyclic N) is 1. The number of hydrogen-bond donors (Lipinski definition) is 7. The fourth-order valence-electron chi connectivity index (χ4n) is 3.04. The summed E-state index contributed by atoms with van der Waals surface area (Å²) in [7, 11) is 1.30. The first kappa shape index (κ1) is 17.0. The summed E-state index contributed by atoms with van der Waals surface area (Å²) in [6, 6.07) is -0.882. The summed E-state index contributed by atoms with van der Waals surface area (Å²) in [6.45, 7) is -0.506. The van der Waals surface area contributed by atoms with E-state index in [1.54, 1.807) is 0 Å². The van der Waals surface area contributed by atoms with E-state index in [1.165, 1.54) is 7.11 Å². The van der Waals surface area contributed by atoms with Crippen LogP contribution < -0.4 is 5.32 Å². The molecular formula is C12H23NO8. The normalized spacial score (nSPS) is 46.7. The van der Waals surface area contributed by atoms with E-state index in [9.17, 15) is 25.5 Å². The first-order valence-corrected chi connectivity index (χ1v) is 6.85. The van der Waals surface area contributed by atoms with Crippen LogP contribution in [-0.4, -0.2) is 99.9 Å². The average molecular weight is 309 g/mol. The number of methoxy groups -OCH3 is 1. The Bertz CT molecular complexity index is 345. The quantitative estimate of drug-likeness (QED) is 0.268. The van der Waals surface area contributed by atoms with Crippen molar-refractivity contribution in [3.8, 4) is 0 Å². The minimum atomic E-state index is -1.32. The summed E-state index contributed by atoms with van der Waals surface area (Å²) < 4.78 is 10.2. The van der Waals surface area contributed by atoms with Crippen LogP contribution in [0.3, 0.4) is 0 Å². The first-order valence-electron chi connectivity index (χ1n) is 6.85. The molecule has 2 saturated heterocycles. The van der Waals surface area contributed by atoms with Gasteiger partial charge in [0.05, 0.1) is 37.1 Å². The minimum Gasteiger partial charge on any atom is -0.394 e. The highest BCUT2D eigenvalue weighted by Crippen LogP contribution is 2.34. The van der Waals surface area contributed by atoms with Crippen molar-refractivity contribution in [3.63, 3.8) is 0 Å². The van der Waals surface area contributed by atoms with Gasteiger partial charge in [-0.15, -0.1) is 0 Å². The van der Waals surface area contributed by atoms with Crippen LogP contribution in [0.5, 0.6) is 0 Å². The van der Waals surface area contributed by atoms with E-state index in [4.69, 9.17) is 14.6 Å². The van der Waals surface area contributed by atoms with E-state index in [-0.39, 0.29) is 6.54 Å². The summed E-state index contributed by atoms with van der Waals surface area (Å²) in [5.41, 5.74) is 0. The molecule has 2 aliphatic rings. The van der Waals surface area contributed by atoms with Crippen molar-refractivity contribution in [2.24, 2.45) is 5.92 Å². The van der Waals surface area contributed by atoms with Gasteiger partial charge in [-0.1, -0.05) is 0 Å². The van der Waals surface area contributed by atoms with Gasteiger partial charge in [0.15, 0.2) is 6.29 Å². The van der Waals surface area contributed by atoms with Crippen molar-refractivity contribution < 1.29 is 40.1 Å². The fourth-order valence-corrected chi connectivity index (χ4v) is 3.04. The van der Waals surface area contributed by atoms with Crippen LogP contribution in [0.15, 0.2) is 0 Å². The van der Waals surface area contributed by atoms with Gasteiger partial charge in [-0.2, -0.15) is 0 Å². The van der Waals surface area contributed by atoms with E-state index >= 15 is 0 Å². The summed E-state index contributed by atoms with van der Waals surface area (Å²) in [6.07, 6.45) is -8.22. The van der Waals surface area contributed by atoms with E-state index < -0.39 is 61.5 Å². The van der Waals surface area contributed by atoms with Crippen molar-refractivity contribution in [1.82, 2.24) is 5.32 Å². The smallest absolute Gasteiger partial charge is 0.184 e. The Labute approximate surface area is 121 Å². The van der Waals surface area contributed by atoms with E-state index in [2.05, 4.69) is 5.32 Å². The molecule has 124 valence electrons. The van der Waals surface area contributed by atoms with Crippen molar-refractivity contribution in [1.29, 1.82) is 0 Å². The maximum absolute atomic E-state index is 10.4. The lowest BCUT2D eigenvalue weighted by Gasteiger charge is -2.32. The lowest BCUT2D eigenvalue weighted by Crippen LogP contribution is -2.53. The van der Waals surface area contributed by atoms with Crippen LogP contribution in [0.4, 0.5) is 0 Å². The Morgan fingerprint density at radius 2 is 1.90 bits per heavy atom. The second kappa shape index (κ2) is 6.82. The summed E-state index contributed by atoms with van der Waals surface area (Å²) >= 11 is 0. The number of ether oxygens (including phenoxy) is 2. The van der Waals surface area contributed by atoms with Crippen LogP contribution in [0.1, 0.15) is 0 Å². The van der Waals surface area contributed by atoms with Crippen LogP contribution in [0.25, 0.3) is 0 Å². The standard InChI is InChI=1S/C12H23NO8/c1-20-12-10(19)6(11(21-12)5(16)3-14)9(18)7-8(17)4(15)2-13-7/h4-19H,2-3H2,1H3/t4-,5-,6-,7-,8-,9+,10-,11+,12-/m1/s1. The monoisotopic (exact) mass is 309 g/mol. The van der Waals surface area contributed by atoms with E-state index in [1.807, 2.05) is 0 Å². The lowest BCUT2D eigenvalue weighted by molar-refractivity contribution is -0.166. The first-order chi connectivity index (χ1) is 9.92. The maximum atomic E-state index is 10.4. The Morgan fingerprint density at radius 1 is 1.24 bits per heavy atom. The van der Waals surface area contributed by atoms with E-state index in [0.29, 0.717) is 0 Å². The van der Waals surface area contributed by atoms with Crippen LogP contribution in [0.2, 0.25) is 0 Å². The van der Waals surface area contributed by atoms with Gasteiger partial charge in [0.2, 0.25) is 0 Å². The molecule has 2 heterocycles. The Kier molecular flexibility index (Phi) is 5.52. The molecule has 9 nitrogen and oxygen atoms in total. The molecule has 0 aromatic carbocycles. The molecule has 9 atom stereocenters. The summed E-state index contributed by atoms with van der Waals surface area (Å²) in [4.78, 5) is 0. The summed E-state index contributed by atoms with van der Waals surface area (Å²) in [5, 5.41) is 61.5. The van der Waals surface area contributed by atoms with Gasteiger partial charge in [-0.3, -0.25) is 0 Å². The zero-order valence-corrected chi connectivity index (χ0v) is 11.6. The molecule has 0 saturated carbocycles. The SMILES string of the molecule is CO[C@@H]1O[C@@H]([C@H](O)CO)[C@H]([C@H](O)[C@@H]2NC[C@@H](O)[C@H]2O)[C@H]1O. The number of aliphatic hydroxyl groups excluding tert-OH is 6. The Hall–Kier alpha value is -0.360. The number of nitrogens with one attached hydrogen (secondary N) is 1. The molecule has 7 N–H and O–H groups in total. The molecule has 0 radical (unpaired) electrons. The van der Waals surface area contributed by atoms with E-state index in [0.717, 1.165) is 0 Å². The van der Waals surface area contributed by atoms with Gasteiger partial charge < -0.3 is 45.4 Å². The molecule has 0 spiro atoms. The van der Waals surface area contributed by atoms with Gasteiger partial charge in [0, 0.05) is 19.6 Å². The average Bonchev–Trinajstić information content (AvgIpc) is 2.98. The molecule has 2 rings (SSSR count). The molecule has 0 unspecified atom stereocenters. The largest absolute Gasteiger partial charge is 0.394 e. The lowest BCUT2D eigenvalue weighted by atomic mass is 9.84. The second-order valence-corrected chi connectivity index (χ2v) is 5.51. The fraction of sp³-hybridized carbons (Fsp3) is 1.00. The van der Waals surface area contributed by atoms with Crippen LogP contribution >= 0.6 is 0 Å². The predicted molar refractivity (Wildman–Crippen MR) is 68.1 cm³/mol. The maximum Gasteiger partial charge on any atom is 0.184 e. The zero-order chi connectivity index (χ0) is 15.7. The van der Waals surface area contributed by atoms with Gasteiger partial charge in [-0.05, 0) is 0 Å². The molecule has 0 aliphatic carbocycles. The van der Waals surface area contributed by atoms with Crippen molar-refractivity contribution in [2.45, 2.75) is 49.0 Å². The molecule has 2 aliphatic heterocycles. The number of aliphatic hydroxyl groups is 6. The molecule has 2 fully saturated rings. The molecule has 0 aromatic heterocycles. The van der Waals surface area contributed by atoms with Crippen molar-refractivity contribution >= 4 is 0 Å². The molecule has 21 heavy (non-hydrogen) atoms. The molecule has 0 amide bonds. The Balaban J connectivity index is 2.17. The highest BCUT2D eigenvalue weighted by molar-refractivity contribution is 5.03. The highest BCUT2D eigenvalue weighted by Gasteiger charge is 2.53.